The zero-order chi connectivity index (χ0) is 36.8. The van der Waals surface area contributed by atoms with Crippen LogP contribution in [0.1, 0.15) is 48.8 Å². The maximum Gasteiger partial charge on any atom is 0.140 e. The molecule has 5 aromatic carbocycles. The lowest BCUT2D eigenvalue weighted by atomic mass is 9.86. The number of ether oxygens (including phenoxy) is 1. The van der Waals surface area contributed by atoms with Crippen molar-refractivity contribution in [1.29, 1.82) is 0 Å². The number of rotatable bonds is 5. The highest BCUT2D eigenvalue weighted by Crippen LogP contribution is 2.39. The van der Waals surface area contributed by atoms with E-state index in [9.17, 15) is 0 Å². The van der Waals surface area contributed by atoms with E-state index in [1.807, 2.05) is 6.20 Å². The normalized spacial score (nSPS) is 12.2. The summed E-state index contributed by atoms with van der Waals surface area (Å²) in [7, 11) is 2.08. The summed E-state index contributed by atoms with van der Waals surface area (Å²) in [4.78, 5) is 9.94. The van der Waals surface area contributed by atoms with E-state index in [4.69, 9.17) is 14.7 Å². The molecule has 0 spiro atoms. The van der Waals surface area contributed by atoms with Crippen molar-refractivity contribution in [3.05, 3.63) is 143 Å². The van der Waals surface area contributed by atoms with E-state index in [0.717, 1.165) is 62.2 Å². The molecule has 262 valence electrons. The molecule has 0 bridgehead atoms. The molecule has 0 aliphatic heterocycles. The predicted molar refractivity (Wildman–Crippen MR) is 219 cm³/mol. The minimum absolute atomic E-state index is 0.0795. The molecule has 4 heterocycles. The van der Waals surface area contributed by atoms with Crippen LogP contribution < -0.4 is 4.74 Å². The number of pyridine rings is 1. The van der Waals surface area contributed by atoms with Crippen LogP contribution in [0.4, 0.5) is 0 Å². The van der Waals surface area contributed by atoms with Gasteiger partial charge in [0.2, 0.25) is 0 Å². The van der Waals surface area contributed by atoms with Crippen molar-refractivity contribution in [2.24, 2.45) is 7.05 Å². The van der Waals surface area contributed by atoms with Crippen LogP contribution in [-0.4, -0.2) is 23.7 Å². The summed E-state index contributed by atoms with van der Waals surface area (Å²) in [5, 5.41) is 4.83. The Bertz CT molecular complexity index is 2850. The van der Waals surface area contributed by atoms with Gasteiger partial charge in [-0.3, -0.25) is 4.57 Å². The third-order valence-electron chi connectivity index (χ3n) is 11.0. The number of imidazole rings is 1. The maximum atomic E-state index is 6.78. The van der Waals surface area contributed by atoms with Crippen LogP contribution in [0.25, 0.3) is 66.5 Å². The lowest BCUT2D eigenvalue weighted by molar-refractivity contribution is 0.479. The number of hydrogen-bond acceptors (Lipinski definition) is 3. The molecule has 0 radical (unpaired) electrons. The van der Waals surface area contributed by atoms with Crippen molar-refractivity contribution in [1.82, 2.24) is 23.7 Å². The second-order valence-electron chi connectivity index (χ2n) is 15.4. The van der Waals surface area contributed by atoms with E-state index >= 15 is 0 Å². The van der Waals surface area contributed by atoms with E-state index in [1.54, 1.807) is 0 Å². The molecule has 0 atom stereocenters. The van der Waals surface area contributed by atoms with Crippen LogP contribution in [-0.2, 0) is 12.5 Å². The average molecular weight is 694 g/mol. The fourth-order valence-corrected chi connectivity index (χ4v) is 7.98. The first kappa shape index (κ1) is 32.7. The molecule has 4 aromatic heterocycles. The molecule has 0 aliphatic rings. The van der Waals surface area contributed by atoms with Gasteiger partial charge in [0.1, 0.15) is 23.1 Å². The third-order valence-corrected chi connectivity index (χ3v) is 11.0. The Hall–Kier alpha value is -6.14. The number of hydrogen-bond donors (Lipinski definition) is 0. The minimum Gasteiger partial charge on any atom is -0.457 e. The summed E-state index contributed by atoms with van der Waals surface area (Å²) >= 11 is 0. The Morgan fingerprint density at radius 1 is 0.604 bits per heavy atom. The van der Waals surface area contributed by atoms with Crippen molar-refractivity contribution < 1.29 is 4.74 Å². The van der Waals surface area contributed by atoms with E-state index in [-0.39, 0.29) is 5.41 Å². The van der Waals surface area contributed by atoms with Gasteiger partial charge in [-0.25, -0.2) is 9.97 Å². The van der Waals surface area contributed by atoms with Crippen LogP contribution in [0.15, 0.2) is 115 Å². The molecule has 0 aliphatic carbocycles. The van der Waals surface area contributed by atoms with Crippen molar-refractivity contribution >= 4 is 43.6 Å². The number of aryl methyl sites for hydroxylation is 3. The SMILES string of the molecule is Cc1nc(-c2cc(Oc3ccc4c5ccccc5n(-c5cc(-n6c7c(C)cccc7c7cccc(C)c76)ccn5)c4c3)cc(C(C)(C)C)c2)n(C)c1C. The van der Waals surface area contributed by atoms with Crippen LogP contribution in [0.2, 0.25) is 0 Å². The van der Waals surface area contributed by atoms with Crippen LogP contribution in [0.3, 0.4) is 0 Å². The number of fused-ring (bicyclic) bond motifs is 6. The van der Waals surface area contributed by atoms with Gasteiger partial charge in [-0.05, 0) is 92.3 Å². The molecule has 9 aromatic rings. The monoisotopic (exact) mass is 693 g/mol. The van der Waals surface area contributed by atoms with Gasteiger partial charge in [-0.2, -0.15) is 0 Å². The fourth-order valence-electron chi connectivity index (χ4n) is 7.98. The molecule has 53 heavy (non-hydrogen) atoms. The summed E-state index contributed by atoms with van der Waals surface area (Å²) in [6, 6.07) is 39.0. The minimum atomic E-state index is -0.0795. The van der Waals surface area contributed by atoms with Gasteiger partial charge in [-0.15, -0.1) is 0 Å². The van der Waals surface area contributed by atoms with Crippen molar-refractivity contribution in [2.75, 3.05) is 0 Å². The van der Waals surface area contributed by atoms with Gasteiger partial charge >= 0.3 is 0 Å². The zero-order valence-corrected chi connectivity index (χ0v) is 31.6. The molecule has 0 saturated carbocycles. The topological polar surface area (TPSA) is 49.8 Å². The molecule has 6 heteroatoms. The van der Waals surface area contributed by atoms with Crippen LogP contribution in [0.5, 0.6) is 11.5 Å². The lowest BCUT2D eigenvalue weighted by Crippen LogP contribution is -2.11. The average Bonchev–Trinajstić information content (AvgIpc) is 3.75. The molecule has 0 N–H and O–H groups in total. The number of nitrogens with zero attached hydrogens (tertiary/aromatic N) is 5. The Morgan fingerprint density at radius 3 is 1.96 bits per heavy atom. The van der Waals surface area contributed by atoms with Crippen LogP contribution >= 0.6 is 0 Å². The summed E-state index contributed by atoms with van der Waals surface area (Å²) < 4.78 is 13.6. The fraction of sp³-hybridized carbons (Fsp3) is 0.191. The third kappa shape index (κ3) is 5.23. The molecular weight excluding hydrogens is 651 g/mol. The maximum absolute atomic E-state index is 6.78. The summed E-state index contributed by atoms with van der Waals surface area (Å²) in [6.07, 6.45) is 1.93. The van der Waals surface area contributed by atoms with Crippen molar-refractivity contribution in [2.45, 2.75) is 53.9 Å². The van der Waals surface area contributed by atoms with Gasteiger partial charge < -0.3 is 13.9 Å². The Labute approximate surface area is 309 Å². The smallest absolute Gasteiger partial charge is 0.140 e. The standard InChI is InChI=1S/C47H43N5O/c1-28-13-11-16-39-40-17-12-14-29(2)45(40)51(44(28)39)34-21-22-48-43(26-34)52-41-18-10-9-15-37(41)38-20-19-35(27-42(38)52)53-36-24-32(23-33(25-36)47(5,6)7)46-49-30(3)31(4)50(46)8/h9-27H,1-8H3. The van der Waals surface area contributed by atoms with Gasteiger partial charge in [0.25, 0.3) is 0 Å². The number of para-hydroxylation sites is 3. The lowest BCUT2D eigenvalue weighted by Gasteiger charge is -2.21. The Morgan fingerprint density at radius 2 is 1.28 bits per heavy atom. The Balaban J connectivity index is 1.21. The van der Waals surface area contributed by atoms with Gasteiger partial charge in [-0.1, -0.05) is 75.4 Å². The molecule has 0 amide bonds. The van der Waals surface area contributed by atoms with E-state index in [1.165, 1.54) is 43.9 Å². The summed E-state index contributed by atoms with van der Waals surface area (Å²) in [5.74, 6) is 3.33. The highest BCUT2D eigenvalue weighted by atomic mass is 16.5. The van der Waals surface area contributed by atoms with Gasteiger partial charge in [0.15, 0.2) is 0 Å². The first-order chi connectivity index (χ1) is 25.5. The highest BCUT2D eigenvalue weighted by molar-refractivity contribution is 6.12. The summed E-state index contributed by atoms with van der Waals surface area (Å²) in [6.45, 7) is 15.3. The second kappa shape index (κ2) is 12.0. The molecule has 0 fully saturated rings. The molecule has 0 saturated heterocycles. The zero-order valence-electron chi connectivity index (χ0n) is 31.6. The highest BCUT2D eigenvalue weighted by Gasteiger charge is 2.21. The van der Waals surface area contributed by atoms with Gasteiger partial charge in [0, 0.05) is 58.2 Å². The largest absolute Gasteiger partial charge is 0.457 e. The Kier molecular flexibility index (Phi) is 7.39. The number of aromatic nitrogens is 5. The van der Waals surface area contributed by atoms with Crippen molar-refractivity contribution in [3.8, 4) is 34.4 Å². The van der Waals surface area contributed by atoms with Gasteiger partial charge in [0.05, 0.1) is 33.4 Å². The quantitative estimate of drug-likeness (QED) is 0.180. The van der Waals surface area contributed by atoms with E-state index in [2.05, 4.69) is 178 Å². The van der Waals surface area contributed by atoms with E-state index in [0.29, 0.717) is 0 Å². The predicted octanol–water partition coefficient (Wildman–Crippen LogP) is 12.0. The van der Waals surface area contributed by atoms with Crippen molar-refractivity contribution in [3.63, 3.8) is 0 Å². The molecular formula is C47H43N5O. The summed E-state index contributed by atoms with van der Waals surface area (Å²) in [5.41, 5.74) is 12.5. The van der Waals surface area contributed by atoms with E-state index < -0.39 is 0 Å². The molecule has 0 unspecified atom stereocenters. The second-order valence-corrected chi connectivity index (χ2v) is 15.4. The first-order valence-corrected chi connectivity index (χ1v) is 18.3. The van der Waals surface area contributed by atoms with Crippen LogP contribution in [0, 0.1) is 27.7 Å². The molecule has 9 rings (SSSR count). The molecule has 6 nitrogen and oxygen atoms in total. The first-order valence-electron chi connectivity index (χ1n) is 18.3. The number of benzene rings is 5.